The highest BCUT2D eigenvalue weighted by Gasteiger charge is 2.29. The molecule has 2 fully saturated rings. The molecule has 9 heteroatoms. The van der Waals surface area contributed by atoms with E-state index >= 15 is 4.39 Å². The maximum atomic E-state index is 15.3. The predicted octanol–water partition coefficient (Wildman–Crippen LogP) is 7.18. The molecule has 7 rings (SSSR count). The summed E-state index contributed by atoms with van der Waals surface area (Å²) in [5.41, 5.74) is 4.73. The van der Waals surface area contributed by atoms with E-state index in [0.717, 1.165) is 53.4 Å². The lowest BCUT2D eigenvalue weighted by atomic mass is 10.2. The lowest BCUT2D eigenvalue weighted by molar-refractivity contribution is 0.628. The lowest BCUT2D eigenvalue weighted by Crippen LogP contribution is -2.17. The number of benzene rings is 3. The maximum Gasteiger partial charge on any atom is 0.210 e. The smallest absolute Gasteiger partial charge is 0.210 e. The van der Waals surface area contributed by atoms with E-state index in [2.05, 4.69) is 49.2 Å². The topological polar surface area (TPSA) is 58.9 Å². The van der Waals surface area contributed by atoms with E-state index < -0.39 is 0 Å². The summed E-state index contributed by atoms with van der Waals surface area (Å²) < 4.78 is 30.8. The molecule has 1 saturated carbocycles. The molecular weight excluding hydrogens is 490 g/mol. The zero-order valence-corrected chi connectivity index (χ0v) is 20.8. The number of imidazole rings is 1. The summed E-state index contributed by atoms with van der Waals surface area (Å²) in [5, 5.41) is 12.9. The number of nitrogens with zero attached hydrogens (tertiary/aromatic N) is 5. The molecule has 3 heterocycles. The monoisotopic (exact) mass is 514 g/mol. The van der Waals surface area contributed by atoms with Crippen molar-refractivity contribution in [2.24, 2.45) is 0 Å². The van der Waals surface area contributed by atoms with Crippen LogP contribution in [0.2, 0.25) is 0 Å². The number of anilines is 3. The molecule has 0 spiro atoms. The number of rotatable bonds is 6. The van der Waals surface area contributed by atoms with E-state index in [1.165, 1.54) is 48.1 Å². The Kier molecular flexibility index (Phi) is 5.39. The van der Waals surface area contributed by atoms with Gasteiger partial charge in [-0.15, -0.1) is 10.2 Å². The molecule has 0 bridgehead atoms. The highest BCUT2D eigenvalue weighted by Crippen LogP contribution is 2.42. The molecular formula is C28H24F2N6S. The molecule has 1 aliphatic heterocycles. The third-order valence-corrected chi connectivity index (χ3v) is 7.93. The van der Waals surface area contributed by atoms with Gasteiger partial charge in [0.15, 0.2) is 0 Å². The van der Waals surface area contributed by atoms with Crippen molar-refractivity contribution in [2.75, 3.05) is 23.3 Å². The highest BCUT2D eigenvalue weighted by atomic mass is 32.1. The summed E-state index contributed by atoms with van der Waals surface area (Å²) in [6, 6.07) is 18.2. The van der Waals surface area contributed by atoms with Crippen molar-refractivity contribution < 1.29 is 8.78 Å². The number of fused-ring (bicyclic) bond motifs is 1. The Bertz CT molecular complexity index is 1580. The van der Waals surface area contributed by atoms with Crippen molar-refractivity contribution in [2.45, 2.75) is 31.7 Å². The van der Waals surface area contributed by atoms with E-state index in [-0.39, 0.29) is 17.7 Å². The van der Waals surface area contributed by atoms with Crippen LogP contribution in [0.5, 0.6) is 0 Å². The van der Waals surface area contributed by atoms with Gasteiger partial charge in [-0.2, -0.15) is 0 Å². The average molecular weight is 515 g/mol. The first kappa shape index (κ1) is 22.4. The quantitative estimate of drug-likeness (QED) is 0.260. The summed E-state index contributed by atoms with van der Waals surface area (Å²) in [4.78, 5) is 7.20. The zero-order chi connectivity index (χ0) is 24.9. The Morgan fingerprint density at radius 1 is 0.865 bits per heavy atom. The summed E-state index contributed by atoms with van der Waals surface area (Å²) in [5.74, 6) is 0.0469. The number of aromatic nitrogens is 4. The van der Waals surface area contributed by atoms with Crippen molar-refractivity contribution >= 4 is 38.9 Å². The van der Waals surface area contributed by atoms with Crippen LogP contribution in [-0.2, 0) is 0 Å². The molecule has 0 unspecified atom stereocenters. The minimum atomic E-state index is -0.383. The van der Waals surface area contributed by atoms with Crippen LogP contribution in [0.4, 0.5) is 25.3 Å². The normalized spacial score (nSPS) is 15.6. The van der Waals surface area contributed by atoms with E-state index in [4.69, 9.17) is 4.98 Å². The molecule has 0 amide bonds. The standard InChI is InChI=1S/C28H24F2N6S/c29-19-7-3-17(4-8-19)26-31-24-16-23(22(30)15-25(24)36(26)21-11-12-21)32-28-34-33-27(37-28)18-5-9-20(10-6-18)35-13-1-2-14-35/h3-10,15-16,21H,1-2,11-14H2,(H,32,34). The SMILES string of the molecule is Fc1ccc(-c2nc3cc(Nc4nnc(-c5ccc(N6CCCC6)cc5)s4)c(F)cc3n2C2CC2)cc1. The summed E-state index contributed by atoms with van der Waals surface area (Å²) in [6.45, 7) is 2.21. The first-order chi connectivity index (χ1) is 18.1. The average Bonchev–Trinajstić information content (AvgIpc) is 3.29. The molecule has 1 aliphatic carbocycles. The van der Waals surface area contributed by atoms with Gasteiger partial charge in [0.25, 0.3) is 0 Å². The second-order valence-corrected chi connectivity index (χ2v) is 10.6. The van der Waals surface area contributed by atoms with Crippen LogP contribution in [0.1, 0.15) is 31.7 Å². The molecule has 186 valence electrons. The van der Waals surface area contributed by atoms with Crippen LogP contribution in [0.25, 0.3) is 33.0 Å². The van der Waals surface area contributed by atoms with Gasteiger partial charge >= 0.3 is 0 Å². The van der Waals surface area contributed by atoms with Crippen molar-refractivity contribution in [1.29, 1.82) is 0 Å². The molecule has 5 aromatic rings. The van der Waals surface area contributed by atoms with Gasteiger partial charge in [-0.25, -0.2) is 13.8 Å². The van der Waals surface area contributed by atoms with Gasteiger partial charge in [-0.1, -0.05) is 11.3 Å². The van der Waals surface area contributed by atoms with E-state index in [0.29, 0.717) is 16.3 Å². The lowest BCUT2D eigenvalue weighted by Gasteiger charge is -2.17. The van der Waals surface area contributed by atoms with Gasteiger partial charge in [0.2, 0.25) is 5.13 Å². The van der Waals surface area contributed by atoms with Crippen LogP contribution in [0.3, 0.4) is 0 Å². The summed E-state index contributed by atoms with van der Waals surface area (Å²) in [7, 11) is 0. The van der Waals surface area contributed by atoms with Crippen molar-refractivity contribution in [3.63, 3.8) is 0 Å². The predicted molar refractivity (Wildman–Crippen MR) is 143 cm³/mol. The maximum absolute atomic E-state index is 15.3. The van der Waals surface area contributed by atoms with Gasteiger partial charge in [-0.3, -0.25) is 0 Å². The van der Waals surface area contributed by atoms with Crippen molar-refractivity contribution in [1.82, 2.24) is 19.7 Å². The zero-order valence-electron chi connectivity index (χ0n) is 20.0. The molecule has 6 nitrogen and oxygen atoms in total. The van der Waals surface area contributed by atoms with Gasteiger partial charge in [0, 0.05) is 42.0 Å². The van der Waals surface area contributed by atoms with E-state index in [1.807, 2.05) is 0 Å². The van der Waals surface area contributed by atoms with E-state index in [1.54, 1.807) is 18.2 Å². The number of nitrogens with one attached hydrogen (secondary N) is 1. The first-order valence-corrected chi connectivity index (χ1v) is 13.4. The second kappa shape index (κ2) is 8.92. The van der Waals surface area contributed by atoms with Crippen LogP contribution >= 0.6 is 11.3 Å². The van der Waals surface area contributed by atoms with Gasteiger partial charge in [0.05, 0.1) is 16.7 Å². The highest BCUT2D eigenvalue weighted by molar-refractivity contribution is 7.18. The Morgan fingerprint density at radius 3 is 2.32 bits per heavy atom. The van der Waals surface area contributed by atoms with Gasteiger partial charge in [0.1, 0.15) is 22.5 Å². The van der Waals surface area contributed by atoms with Crippen LogP contribution in [-0.4, -0.2) is 32.8 Å². The molecule has 0 atom stereocenters. The fraction of sp³-hybridized carbons (Fsp3) is 0.250. The largest absolute Gasteiger partial charge is 0.372 e. The molecule has 1 saturated heterocycles. The molecule has 1 N–H and O–H groups in total. The molecule has 2 aromatic heterocycles. The first-order valence-electron chi connectivity index (χ1n) is 12.6. The van der Waals surface area contributed by atoms with E-state index in [9.17, 15) is 4.39 Å². The number of hydrogen-bond acceptors (Lipinski definition) is 6. The fourth-order valence-electron chi connectivity index (χ4n) is 5.01. The van der Waals surface area contributed by atoms with Crippen LogP contribution in [0.15, 0.2) is 60.7 Å². The van der Waals surface area contributed by atoms with Gasteiger partial charge in [-0.05, 0) is 80.3 Å². The third kappa shape index (κ3) is 4.23. The minimum Gasteiger partial charge on any atom is -0.372 e. The van der Waals surface area contributed by atoms with Crippen LogP contribution < -0.4 is 10.2 Å². The Balaban J connectivity index is 1.17. The third-order valence-electron chi connectivity index (χ3n) is 7.04. The Morgan fingerprint density at radius 2 is 1.59 bits per heavy atom. The minimum absolute atomic E-state index is 0.283. The molecule has 3 aromatic carbocycles. The Hall–Kier alpha value is -3.85. The molecule has 2 aliphatic rings. The summed E-state index contributed by atoms with van der Waals surface area (Å²) >= 11 is 1.38. The summed E-state index contributed by atoms with van der Waals surface area (Å²) in [6.07, 6.45) is 4.52. The number of hydrogen-bond donors (Lipinski definition) is 1. The fourth-order valence-corrected chi connectivity index (χ4v) is 5.77. The Labute approximate surface area is 216 Å². The van der Waals surface area contributed by atoms with Crippen molar-refractivity contribution in [3.8, 4) is 22.0 Å². The number of halogens is 2. The van der Waals surface area contributed by atoms with Crippen LogP contribution in [0, 0.1) is 11.6 Å². The van der Waals surface area contributed by atoms with Gasteiger partial charge < -0.3 is 14.8 Å². The second-order valence-electron chi connectivity index (χ2n) is 9.64. The molecule has 37 heavy (non-hydrogen) atoms. The van der Waals surface area contributed by atoms with Crippen molar-refractivity contribution in [3.05, 3.63) is 72.3 Å². The molecule has 0 radical (unpaired) electrons.